The Bertz CT molecular complexity index is 988. The predicted octanol–water partition coefficient (Wildman–Crippen LogP) is 5.29. The van der Waals surface area contributed by atoms with Gasteiger partial charge in [0.05, 0.1) is 11.5 Å². The molecule has 0 saturated carbocycles. The molecule has 2 aliphatic rings. The van der Waals surface area contributed by atoms with Gasteiger partial charge in [-0.1, -0.05) is 54.6 Å². The van der Waals surface area contributed by atoms with Crippen molar-refractivity contribution >= 4 is 11.5 Å². The molecule has 169 valence electrons. The third-order valence-corrected chi connectivity index (χ3v) is 7.40. The molecule has 1 aliphatic carbocycles. The lowest BCUT2D eigenvalue weighted by molar-refractivity contribution is -0.248. The lowest BCUT2D eigenvalue weighted by Gasteiger charge is -2.34. The van der Waals surface area contributed by atoms with Gasteiger partial charge in [-0.25, -0.2) is 0 Å². The Morgan fingerprint density at radius 2 is 1.53 bits per heavy atom. The molecule has 1 radical (unpaired) electrons. The third-order valence-electron chi connectivity index (χ3n) is 7.40. The molecule has 1 amide bonds. The number of hydroxylamine groups is 2. The predicted molar refractivity (Wildman–Crippen MR) is 128 cm³/mol. The van der Waals surface area contributed by atoms with E-state index < -0.39 is 11.1 Å². The van der Waals surface area contributed by atoms with Crippen molar-refractivity contribution in [2.24, 2.45) is 5.92 Å². The van der Waals surface area contributed by atoms with Crippen molar-refractivity contribution in [2.75, 3.05) is 13.6 Å². The number of amides is 1. The number of carbonyl (C=O) groups excluding carboxylic acids is 1. The van der Waals surface area contributed by atoms with E-state index in [1.165, 1.54) is 27.8 Å². The minimum absolute atomic E-state index is 0.0708. The Morgan fingerprint density at radius 1 is 1.00 bits per heavy atom. The average Bonchev–Trinajstić information content (AvgIpc) is 2.88. The highest BCUT2D eigenvalue weighted by atomic mass is 16.5. The van der Waals surface area contributed by atoms with Gasteiger partial charge in [0.25, 0.3) is 0 Å². The maximum Gasteiger partial charge on any atom is 0.227 e. The maximum absolute atomic E-state index is 13.3. The first-order valence-electron chi connectivity index (χ1n) is 11.7. The van der Waals surface area contributed by atoms with Gasteiger partial charge in [-0.15, -0.1) is 10.3 Å². The highest BCUT2D eigenvalue weighted by molar-refractivity contribution is 5.84. The topological polar surface area (TPSA) is 43.5 Å². The van der Waals surface area contributed by atoms with Gasteiger partial charge in [0.1, 0.15) is 0 Å². The van der Waals surface area contributed by atoms with E-state index in [1.54, 1.807) is 0 Å². The fraction of sp³-hybridized carbons (Fsp3) is 0.464. The molecule has 2 aromatic carbocycles. The van der Waals surface area contributed by atoms with E-state index in [-0.39, 0.29) is 11.8 Å². The van der Waals surface area contributed by atoms with Crippen molar-refractivity contribution in [1.29, 1.82) is 0 Å². The van der Waals surface area contributed by atoms with E-state index in [4.69, 9.17) is 0 Å². The minimum atomic E-state index is -0.688. The summed E-state index contributed by atoms with van der Waals surface area (Å²) in [6, 6.07) is 17.3. The van der Waals surface area contributed by atoms with Crippen molar-refractivity contribution < 1.29 is 10.0 Å². The maximum atomic E-state index is 13.3. The summed E-state index contributed by atoms with van der Waals surface area (Å²) in [6.07, 6.45) is 5.74. The molecule has 4 heteroatoms. The molecule has 1 atom stereocenters. The van der Waals surface area contributed by atoms with Crippen molar-refractivity contribution in [3.8, 4) is 0 Å². The van der Waals surface area contributed by atoms with E-state index in [1.807, 2.05) is 39.6 Å². The van der Waals surface area contributed by atoms with Gasteiger partial charge in [0.15, 0.2) is 0 Å². The average molecular weight is 432 g/mol. The van der Waals surface area contributed by atoms with Crippen LogP contribution in [0, 0.1) is 5.92 Å². The SMILES string of the molecule is CN(CCC=C1c2ccccc2CCc2ccccc21)C(=O)C1CC(C)(C)N([O])C1(C)C. The van der Waals surface area contributed by atoms with Crippen LogP contribution in [0.4, 0.5) is 0 Å². The second kappa shape index (κ2) is 8.49. The first kappa shape index (κ1) is 22.8. The van der Waals surface area contributed by atoms with Gasteiger partial charge in [-0.05, 0) is 81.2 Å². The number of hydrogen-bond acceptors (Lipinski definition) is 2. The number of fused-ring (bicyclic) bond motifs is 2. The van der Waals surface area contributed by atoms with E-state index in [9.17, 15) is 10.0 Å². The zero-order valence-corrected chi connectivity index (χ0v) is 20.0. The Morgan fingerprint density at radius 3 is 2.03 bits per heavy atom. The van der Waals surface area contributed by atoms with Gasteiger partial charge in [-0.2, -0.15) is 0 Å². The van der Waals surface area contributed by atoms with E-state index in [0.29, 0.717) is 13.0 Å². The Kier molecular flexibility index (Phi) is 6.04. The first-order chi connectivity index (χ1) is 15.1. The molecule has 0 bridgehead atoms. The molecule has 0 spiro atoms. The molecule has 1 unspecified atom stereocenters. The number of aryl methyl sites for hydroxylation is 2. The van der Waals surface area contributed by atoms with Crippen LogP contribution in [-0.4, -0.2) is 40.5 Å². The largest absolute Gasteiger partial charge is 0.345 e. The molecule has 2 aromatic rings. The molecular formula is C28H35N2O2. The van der Waals surface area contributed by atoms with Gasteiger partial charge < -0.3 is 4.90 Å². The van der Waals surface area contributed by atoms with Crippen LogP contribution in [0.2, 0.25) is 0 Å². The molecule has 4 nitrogen and oxygen atoms in total. The lowest BCUT2D eigenvalue weighted by atomic mass is 9.86. The van der Waals surface area contributed by atoms with E-state index >= 15 is 0 Å². The summed E-state index contributed by atoms with van der Waals surface area (Å²) < 4.78 is 0. The van der Waals surface area contributed by atoms with Crippen LogP contribution in [0.5, 0.6) is 0 Å². The fourth-order valence-corrected chi connectivity index (χ4v) is 5.56. The lowest BCUT2D eigenvalue weighted by Crippen LogP contribution is -2.49. The molecule has 0 N–H and O–H groups in total. The summed E-state index contributed by atoms with van der Waals surface area (Å²) in [5.41, 5.74) is 5.42. The van der Waals surface area contributed by atoms with Crippen molar-refractivity contribution in [2.45, 2.75) is 64.5 Å². The number of rotatable bonds is 4. The second-order valence-electron chi connectivity index (χ2n) is 10.5. The van der Waals surface area contributed by atoms with Crippen LogP contribution in [0.15, 0.2) is 54.6 Å². The summed E-state index contributed by atoms with van der Waals surface area (Å²) in [5.74, 6) is -0.214. The fourth-order valence-electron chi connectivity index (χ4n) is 5.56. The molecule has 4 rings (SSSR count). The second-order valence-corrected chi connectivity index (χ2v) is 10.5. The van der Waals surface area contributed by atoms with Crippen molar-refractivity contribution in [3.63, 3.8) is 0 Å². The highest BCUT2D eigenvalue weighted by Gasteiger charge is 2.55. The summed E-state index contributed by atoms with van der Waals surface area (Å²) >= 11 is 0. The minimum Gasteiger partial charge on any atom is -0.345 e. The summed E-state index contributed by atoms with van der Waals surface area (Å²) in [6.45, 7) is 8.29. The summed E-state index contributed by atoms with van der Waals surface area (Å²) in [4.78, 5) is 15.1. The number of carbonyl (C=O) groups is 1. The molecule has 0 aromatic heterocycles. The van der Waals surface area contributed by atoms with Crippen molar-refractivity contribution in [3.05, 3.63) is 76.9 Å². The van der Waals surface area contributed by atoms with Gasteiger partial charge in [-0.3, -0.25) is 4.79 Å². The molecule has 1 heterocycles. The highest BCUT2D eigenvalue weighted by Crippen LogP contribution is 2.44. The standard InChI is InChI=1S/C28H35N2O2/c1-27(2)19-25(28(3,4)30(27)32)26(31)29(5)18-10-15-24-22-13-8-6-11-20(22)16-17-21-12-7-9-14-23(21)24/h6-9,11-15,25H,10,16-19H2,1-5H3. The van der Waals surface area contributed by atoms with Crippen LogP contribution < -0.4 is 0 Å². The Labute approximate surface area is 192 Å². The number of benzene rings is 2. The number of nitrogens with zero attached hydrogens (tertiary/aromatic N) is 2. The van der Waals surface area contributed by atoms with Crippen LogP contribution in [0.3, 0.4) is 0 Å². The summed E-state index contributed by atoms with van der Waals surface area (Å²) in [7, 11) is 1.87. The molecule has 32 heavy (non-hydrogen) atoms. The third kappa shape index (κ3) is 4.02. The van der Waals surface area contributed by atoms with Gasteiger partial charge >= 0.3 is 0 Å². The normalized spacial score (nSPS) is 21.4. The van der Waals surface area contributed by atoms with E-state index in [2.05, 4.69) is 54.6 Å². The number of hydrogen-bond donors (Lipinski definition) is 0. The molecule has 1 saturated heterocycles. The quantitative estimate of drug-likeness (QED) is 0.660. The molecule has 1 fully saturated rings. The van der Waals surface area contributed by atoms with Crippen molar-refractivity contribution in [1.82, 2.24) is 9.96 Å². The Hall–Kier alpha value is -2.43. The first-order valence-corrected chi connectivity index (χ1v) is 11.7. The zero-order chi connectivity index (χ0) is 23.1. The smallest absolute Gasteiger partial charge is 0.227 e. The van der Waals surface area contributed by atoms with Crippen LogP contribution >= 0.6 is 0 Å². The van der Waals surface area contributed by atoms with Crippen LogP contribution in [-0.2, 0) is 22.8 Å². The molecular weight excluding hydrogens is 396 g/mol. The van der Waals surface area contributed by atoms with Crippen LogP contribution in [0.1, 0.15) is 62.8 Å². The zero-order valence-electron chi connectivity index (χ0n) is 20.0. The van der Waals surface area contributed by atoms with Gasteiger partial charge in [0, 0.05) is 19.1 Å². The summed E-state index contributed by atoms with van der Waals surface area (Å²) in [5, 5.41) is 13.8. The van der Waals surface area contributed by atoms with Crippen LogP contribution in [0.25, 0.3) is 5.57 Å². The van der Waals surface area contributed by atoms with E-state index in [0.717, 1.165) is 24.3 Å². The molecule has 1 aliphatic heterocycles. The van der Waals surface area contributed by atoms with Gasteiger partial charge in [0.2, 0.25) is 5.91 Å². The monoisotopic (exact) mass is 431 g/mol. The Balaban J connectivity index is 1.54.